The Morgan fingerprint density at radius 3 is 2.50 bits per heavy atom. The molecular formula is C14H25N3O2S. The molecule has 0 spiro atoms. The number of hydrogen-bond donors (Lipinski definition) is 2. The third kappa shape index (κ3) is 4.47. The summed E-state index contributed by atoms with van der Waals surface area (Å²) in [5.41, 5.74) is 6.28. The van der Waals surface area contributed by atoms with Crippen molar-refractivity contribution < 1.29 is 8.42 Å². The lowest BCUT2D eigenvalue weighted by Crippen LogP contribution is -2.33. The average molecular weight is 299 g/mol. The summed E-state index contributed by atoms with van der Waals surface area (Å²) >= 11 is 0. The molecule has 0 aliphatic rings. The summed E-state index contributed by atoms with van der Waals surface area (Å²) in [5.74, 6) is 0. The van der Waals surface area contributed by atoms with Crippen LogP contribution in [-0.4, -0.2) is 34.1 Å². The van der Waals surface area contributed by atoms with Gasteiger partial charge in [0.25, 0.3) is 0 Å². The Morgan fingerprint density at radius 1 is 1.30 bits per heavy atom. The maximum atomic E-state index is 12.4. The largest absolute Gasteiger partial charge is 0.371 e. The van der Waals surface area contributed by atoms with Crippen LogP contribution in [0, 0.1) is 0 Å². The molecule has 0 aliphatic heterocycles. The minimum absolute atomic E-state index is 0.132. The van der Waals surface area contributed by atoms with Crippen LogP contribution in [0.3, 0.4) is 0 Å². The van der Waals surface area contributed by atoms with Crippen LogP contribution in [0.5, 0.6) is 0 Å². The lowest BCUT2D eigenvalue weighted by molar-refractivity contribution is 0.569. The van der Waals surface area contributed by atoms with Gasteiger partial charge in [-0.25, -0.2) is 13.1 Å². The van der Waals surface area contributed by atoms with Gasteiger partial charge in [0.1, 0.15) is 4.90 Å². The topological polar surface area (TPSA) is 75.4 Å². The molecule has 3 N–H and O–H groups in total. The summed E-state index contributed by atoms with van der Waals surface area (Å²) in [6, 6.07) is 6.96. The first-order chi connectivity index (χ1) is 9.42. The van der Waals surface area contributed by atoms with E-state index in [9.17, 15) is 8.42 Å². The van der Waals surface area contributed by atoms with Crippen LogP contribution in [0.25, 0.3) is 0 Å². The van der Waals surface area contributed by atoms with Gasteiger partial charge in [-0.3, -0.25) is 0 Å². The molecule has 5 nitrogen and oxygen atoms in total. The summed E-state index contributed by atoms with van der Waals surface area (Å²) in [7, 11) is -3.49. The van der Waals surface area contributed by atoms with Gasteiger partial charge in [-0.15, -0.1) is 0 Å². The molecule has 114 valence electrons. The molecule has 0 aliphatic carbocycles. The molecule has 1 aromatic carbocycles. The summed E-state index contributed by atoms with van der Waals surface area (Å²) in [6.45, 7) is 7.72. The zero-order valence-corrected chi connectivity index (χ0v) is 13.3. The van der Waals surface area contributed by atoms with Gasteiger partial charge in [-0.2, -0.15) is 0 Å². The van der Waals surface area contributed by atoms with Crippen molar-refractivity contribution in [2.45, 2.75) is 38.1 Å². The van der Waals surface area contributed by atoms with E-state index in [4.69, 9.17) is 5.73 Å². The van der Waals surface area contributed by atoms with Gasteiger partial charge in [0.05, 0.1) is 5.69 Å². The lowest BCUT2D eigenvalue weighted by atomic mass is 10.2. The van der Waals surface area contributed by atoms with E-state index in [0.717, 1.165) is 25.2 Å². The van der Waals surface area contributed by atoms with E-state index in [-0.39, 0.29) is 6.04 Å². The van der Waals surface area contributed by atoms with E-state index in [1.54, 1.807) is 12.1 Å². The van der Waals surface area contributed by atoms with Crippen LogP contribution in [0.15, 0.2) is 29.2 Å². The fraction of sp³-hybridized carbons (Fsp3) is 0.571. The standard InChI is InChI=1S/C14H25N3O2S/c1-4-17(11-7-10-15)13-8-5-6-9-14(13)20(18,19)16-12(2)3/h5-6,8-9,12,16H,4,7,10-11,15H2,1-3H3. The summed E-state index contributed by atoms with van der Waals surface area (Å²) in [6.07, 6.45) is 0.833. The van der Waals surface area contributed by atoms with Crippen LogP contribution in [0.4, 0.5) is 5.69 Å². The average Bonchev–Trinajstić information content (AvgIpc) is 2.38. The number of hydrogen-bond acceptors (Lipinski definition) is 4. The van der Waals surface area contributed by atoms with Crippen molar-refractivity contribution in [2.24, 2.45) is 5.73 Å². The Labute approximate surface area is 122 Å². The van der Waals surface area contributed by atoms with Crippen molar-refractivity contribution in [2.75, 3.05) is 24.5 Å². The molecule has 1 rings (SSSR count). The van der Waals surface area contributed by atoms with Gasteiger partial charge in [0.15, 0.2) is 0 Å². The third-order valence-corrected chi connectivity index (χ3v) is 4.61. The monoisotopic (exact) mass is 299 g/mol. The minimum atomic E-state index is -3.49. The molecule has 0 atom stereocenters. The Kier molecular flexibility index (Phi) is 6.45. The van der Waals surface area contributed by atoms with Gasteiger partial charge in [0.2, 0.25) is 10.0 Å². The Bertz CT molecular complexity index is 515. The highest BCUT2D eigenvalue weighted by molar-refractivity contribution is 7.89. The zero-order valence-electron chi connectivity index (χ0n) is 12.5. The predicted molar refractivity (Wildman–Crippen MR) is 83.5 cm³/mol. The second-order valence-corrected chi connectivity index (χ2v) is 6.65. The molecule has 0 fully saturated rings. The van der Waals surface area contributed by atoms with Crippen molar-refractivity contribution >= 4 is 15.7 Å². The van der Waals surface area contributed by atoms with Gasteiger partial charge in [0, 0.05) is 19.1 Å². The van der Waals surface area contributed by atoms with E-state index < -0.39 is 10.0 Å². The first kappa shape index (κ1) is 16.9. The molecule has 0 heterocycles. The highest BCUT2D eigenvalue weighted by Crippen LogP contribution is 2.25. The second-order valence-electron chi connectivity index (χ2n) is 4.97. The molecule has 0 saturated carbocycles. The van der Waals surface area contributed by atoms with Gasteiger partial charge in [-0.05, 0) is 45.9 Å². The van der Waals surface area contributed by atoms with E-state index in [2.05, 4.69) is 4.72 Å². The Morgan fingerprint density at radius 2 is 1.95 bits per heavy atom. The highest BCUT2D eigenvalue weighted by atomic mass is 32.2. The number of sulfonamides is 1. The molecule has 20 heavy (non-hydrogen) atoms. The number of nitrogens with two attached hydrogens (primary N) is 1. The number of nitrogens with zero attached hydrogens (tertiary/aromatic N) is 1. The molecule has 6 heteroatoms. The minimum Gasteiger partial charge on any atom is -0.371 e. The van der Waals surface area contributed by atoms with Gasteiger partial charge in [-0.1, -0.05) is 12.1 Å². The Hall–Kier alpha value is -1.11. The summed E-state index contributed by atoms with van der Waals surface area (Å²) in [4.78, 5) is 2.37. The predicted octanol–water partition coefficient (Wildman–Crippen LogP) is 1.55. The van der Waals surface area contributed by atoms with E-state index in [1.165, 1.54) is 0 Å². The lowest BCUT2D eigenvalue weighted by Gasteiger charge is -2.25. The van der Waals surface area contributed by atoms with E-state index >= 15 is 0 Å². The van der Waals surface area contributed by atoms with E-state index in [0.29, 0.717) is 11.4 Å². The van der Waals surface area contributed by atoms with Crippen LogP contribution >= 0.6 is 0 Å². The fourth-order valence-corrected chi connectivity index (χ4v) is 3.53. The Balaban J connectivity index is 3.15. The quantitative estimate of drug-likeness (QED) is 0.763. The molecule has 1 aromatic rings. The zero-order chi connectivity index (χ0) is 15.2. The summed E-state index contributed by atoms with van der Waals surface area (Å²) < 4.78 is 27.4. The molecule has 0 radical (unpaired) electrons. The number of rotatable bonds is 8. The maximum Gasteiger partial charge on any atom is 0.242 e. The first-order valence-electron chi connectivity index (χ1n) is 6.98. The normalized spacial score (nSPS) is 11.8. The number of anilines is 1. The van der Waals surface area contributed by atoms with Crippen molar-refractivity contribution in [3.8, 4) is 0 Å². The maximum absolute atomic E-state index is 12.4. The van der Waals surface area contributed by atoms with Gasteiger partial charge >= 0.3 is 0 Å². The number of benzene rings is 1. The van der Waals surface area contributed by atoms with Crippen molar-refractivity contribution in [3.63, 3.8) is 0 Å². The van der Waals surface area contributed by atoms with Crippen LogP contribution < -0.4 is 15.4 Å². The summed E-state index contributed by atoms with van der Waals surface area (Å²) in [5, 5.41) is 0. The molecule has 0 saturated heterocycles. The van der Waals surface area contributed by atoms with Crippen LogP contribution in [0.1, 0.15) is 27.2 Å². The second kappa shape index (κ2) is 7.61. The van der Waals surface area contributed by atoms with Crippen LogP contribution in [-0.2, 0) is 10.0 Å². The number of para-hydroxylation sites is 1. The third-order valence-electron chi connectivity index (χ3n) is 2.90. The first-order valence-corrected chi connectivity index (χ1v) is 8.47. The smallest absolute Gasteiger partial charge is 0.242 e. The van der Waals surface area contributed by atoms with Gasteiger partial charge < -0.3 is 10.6 Å². The van der Waals surface area contributed by atoms with Crippen molar-refractivity contribution in [3.05, 3.63) is 24.3 Å². The number of nitrogens with one attached hydrogen (secondary N) is 1. The van der Waals surface area contributed by atoms with Crippen molar-refractivity contribution in [1.82, 2.24) is 4.72 Å². The molecule has 0 aromatic heterocycles. The SMILES string of the molecule is CCN(CCCN)c1ccccc1S(=O)(=O)NC(C)C. The molecule has 0 unspecified atom stereocenters. The van der Waals surface area contributed by atoms with E-state index in [1.807, 2.05) is 37.8 Å². The highest BCUT2D eigenvalue weighted by Gasteiger charge is 2.21. The fourth-order valence-electron chi connectivity index (χ4n) is 2.05. The van der Waals surface area contributed by atoms with Crippen molar-refractivity contribution in [1.29, 1.82) is 0 Å². The molecule has 0 bridgehead atoms. The molecule has 0 amide bonds. The van der Waals surface area contributed by atoms with Crippen LogP contribution in [0.2, 0.25) is 0 Å². The molecular weight excluding hydrogens is 274 g/mol.